The number of nitrogens with zero attached hydrogens (tertiary/aromatic N) is 1. The Kier molecular flexibility index (Phi) is 2.43. The van der Waals surface area contributed by atoms with Gasteiger partial charge in [-0.15, -0.1) is 0 Å². The van der Waals surface area contributed by atoms with E-state index in [1.807, 2.05) is 36.0 Å². The number of hydrogen-bond acceptors (Lipinski definition) is 2. The van der Waals surface area contributed by atoms with E-state index in [1.54, 1.807) is 6.07 Å². The van der Waals surface area contributed by atoms with Gasteiger partial charge in [-0.05, 0) is 24.3 Å². The van der Waals surface area contributed by atoms with Crippen LogP contribution < -0.4 is 5.32 Å². The summed E-state index contributed by atoms with van der Waals surface area (Å²) in [5, 5.41) is 6.16. The predicted molar refractivity (Wildman–Crippen MR) is 102 cm³/mol. The maximum atomic E-state index is 13.9. The quantitative estimate of drug-likeness (QED) is 0.412. The van der Waals surface area contributed by atoms with Gasteiger partial charge >= 0.3 is 0 Å². The van der Waals surface area contributed by atoms with Crippen LogP contribution in [0.25, 0.3) is 43.5 Å². The number of amides is 2. The summed E-state index contributed by atoms with van der Waals surface area (Å²) in [5.41, 5.74) is 3.02. The molecule has 2 aromatic heterocycles. The molecule has 3 aromatic carbocycles. The van der Waals surface area contributed by atoms with Crippen molar-refractivity contribution < 1.29 is 14.0 Å². The third-order valence-corrected chi connectivity index (χ3v) is 5.50. The predicted octanol–water partition coefficient (Wildman–Crippen LogP) is 3.99. The Balaban J connectivity index is 2.02. The molecule has 27 heavy (non-hydrogen) atoms. The first-order valence-electron chi connectivity index (χ1n) is 8.55. The summed E-state index contributed by atoms with van der Waals surface area (Å²) in [4.78, 5) is 28.7. The highest BCUT2D eigenvalue weighted by atomic mass is 19.1. The van der Waals surface area contributed by atoms with E-state index < -0.39 is 11.8 Å². The average molecular weight is 357 g/mol. The van der Waals surface area contributed by atoms with Crippen molar-refractivity contribution in [1.29, 1.82) is 0 Å². The van der Waals surface area contributed by atoms with Crippen LogP contribution in [0.15, 0.2) is 42.6 Å². The third kappa shape index (κ3) is 1.63. The fourth-order valence-corrected chi connectivity index (χ4v) is 4.41. The number of imide groups is 1. The van der Waals surface area contributed by atoms with Crippen molar-refractivity contribution in [2.75, 3.05) is 0 Å². The molecule has 5 aromatic rings. The van der Waals surface area contributed by atoms with Crippen molar-refractivity contribution in [3.8, 4) is 0 Å². The van der Waals surface area contributed by atoms with E-state index in [4.69, 9.17) is 0 Å². The number of halogens is 1. The second-order valence-corrected chi connectivity index (χ2v) is 6.95. The number of aromatic nitrogens is 2. The number of benzene rings is 3. The fourth-order valence-electron chi connectivity index (χ4n) is 4.41. The molecule has 0 unspecified atom stereocenters. The SMILES string of the molecule is Cn1ccc2ccc3c4[nH]c5ccc(F)cc5c4c4c(c3c21)C(=O)NC4=O. The molecule has 130 valence electrons. The van der Waals surface area contributed by atoms with E-state index in [0.29, 0.717) is 21.9 Å². The minimum atomic E-state index is -0.446. The molecule has 2 amide bonds. The lowest BCUT2D eigenvalue weighted by Gasteiger charge is -2.09. The molecular weight excluding hydrogens is 345 g/mol. The van der Waals surface area contributed by atoms with Crippen molar-refractivity contribution in [3.05, 3.63) is 59.5 Å². The Morgan fingerprint density at radius 2 is 1.70 bits per heavy atom. The van der Waals surface area contributed by atoms with Gasteiger partial charge in [-0.3, -0.25) is 14.9 Å². The van der Waals surface area contributed by atoms with Gasteiger partial charge < -0.3 is 9.55 Å². The molecule has 6 rings (SSSR count). The number of H-pyrrole nitrogens is 1. The third-order valence-electron chi connectivity index (χ3n) is 5.50. The zero-order chi connectivity index (χ0) is 18.4. The molecule has 3 heterocycles. The molecule has 2 N–H and O–H groups in total. The first-order chi connectivity index (χ1) is 13.0. The van der Waals surface area contributed by atoms with Crippen LogP contribution in [0.4, 0.5) is 4.39 Å². The van der Waals surface area contributed by atoms with Gasteiger partial charge in [0, 0.05) is 45.7 Å². The van der Waals surface area contributed by atoms with Crippen molar-refractivity contribution in [1.82, 2.24) is 14.9 Å². The van der Waals surface area contributed by atoms with E-state index in [-0.39, 0.29) is 5.82 Å². The second kappa shape index (κ2) is 4.54. The summed E-state index contributed by atoms with van der Waals surface area (Å²) >= 11 is 0. The number of aryl methyl sites for hydroxylation is 1. The summed E-state index contributed by atoms with van der Waals surface area (Å²) in [7, 11) is 1.91. The largest absolute Gasteiger partial charge is 0.354 e. The highest BCUT2D eigenvalue weighted by Gasteiger charge is 2.34. The molecule has 0 radical (unpaired) electrons. The first kappa shape index (κ1) is 14.5. The van der Waals surface area contributed by atoms with Crippen LogP contribution in [-0.4, -0.2) is 21.4 Å². The Labute approximate surface area is 151 Å². The van der Waals surface area contributed by atoms with Crippen LogP contribution >= 0.6 is 0 Å². The molecule has 6 heteroatoms. The molecule has 5 nitrogen and oxygen atoms in total. The van der Waals surface area contributed by atoms with Crippen molar-refractivity contribution in [2.45, 2.75) is 0 Å². The molecule has 0 saturated carbocycles. The summed E-state index contributed by atoms with van der Waals surface area (Å²) in [6.07, 6.45) is 1.93. The Morgan fingerprint density at radius 3 is 2.52 bits per heavy atom. The van der Waals surface area contributed by atoms with Crippen LogP contribution in [-0.2, 0) is 7.05 Å². The van der Waals surface area contributed by atoms with Crippen LogP contribution in [0.5, 0.6) is 0 Å². The van der Waals surface area contributed by atoms with E-state index >= 15 is 0 Å². The zero-order valence-electron chi connectivity index (χ0n) is 14.2. The smallest absolute Gasteiger partial charge is 0.259 e. The number of nitrogens with one attached hydrogen (secondary N) is 2. The number of carbonyl (C=O) groups excluding carboxylic acids is 2. The lowest BCUT2D eigenvalue weighted by atomic mass is 9.93. The van der Waals surface area contributed by atoms with Crippen molar-refractivity contribution in [2.24, 2.45) is 7.05 Å². The average Bonchev–Trinajstić information content (AvgIpc) is 3.29. The molecule has 0 atom stereocenters. The van der Waals surface area contributed by atoms with Crippen LogP contribution in [0.3, 0.4) is 0 Å². The summed E-state index contributed by atoms with van der Waals surface area (Å²) in [5.74, 6) is -1.25. The Morgan fingerprint density at radius 1 is 0.926 bits per heavy atom. The molecule has 0 saturated heterocycles. The van der Waals surface area contributed by atoms with E-state index in [9.17, 15) is 14.0 Å². The van der Waals surface area contributed by atoms with E-state index in [0.717, 1.165) is 32.7 Å². The van der Waals surface area contributed by atoms with Gasteiger partial charge in [0.2, 0.25) is 0 Å². The maximum Gasteiger partial charge on any atom is 0.259 e. The van der Waals surface area contributed by atoms with E-state index in [2.05, 4.69) is 10.3 Å². The van der Waals surface area contributed by atoms with Gasteiger partial charge in [-0.1, -0.05) is 12.1 Å². The molecule has 0 aliphatic carbocycles. The van der Waals surface area contributed by atoms with Gasteiger partial charge in [0.15, 0.2) is 0 Å². The number of rotatable bonds is 0. The minimum absolute atomic E-state index is 0.313. The molecule has 1 aliphatic heterocycles. The number of carbonyl (C=O) groups is 2. The highest BCUT2D eigenvalue weighted by molar-refractivity contribution is 6.39. The zero-order valence-corrected chi connectivity index (χ0v) is 14.2. The van der Waals surface area contributed by atoms with E-state index in [1.165, 1.54) is 12.1 Å². The standard InChI is InChI=1S/C21H12FN3O2/c1-25-7-6-9-2-4-11-15(19(9)25)17-16(20(26)24-21(17)27)14-12-8-10(22)3-5-13(12)23-18(11)14/h2-8,23H,1H3,(H,24,26,27). The van der Waals surface area contributed by atoms with Gasteiger partial charge in [0.1, 0.15) is 5.82 Å². The monoisotopic (exact) mass is 357 g/mol. The maximum absolute atomic E-state index is 13.9. The minimum Gasteiger partial charge on any atom is -0.354 e. The molecule has 0 bridgehead atoms. The highest BCUT2D eigenvalue weighted by Crippen LogP contribution is 2.41. The van der Waals surface area contributed by atoms with Crippen LogP contribution in [0.2, 0.25) is 0 Å². The van der Waals surface area contributed by atoms with Crippen molar-refractivity contribution >= 4 is 55.3 Å². The summed E-state index contributed by atoms with van der Waals surface area (Å²) in [6.45, 7) is 0. The lowest BCUT2D eigenvalue weighted by molar-refractivity contribution is 0.0880. The Hall–Kier alpha value is -3.67. The Bertz CT molecular complexity index is 1510. The number of fused-ring (bicyclic) bond motifs is 10. The number of hydrogen-bond donors (Lipinski definition) is 2. The van der Waals surface area contributed by atoms with Crippen LogP contribution in [0.1, 0.15) is 20.7 Å². The molecule has 1 aliphatic rings. The summed E-state index contributed by atoms with van der Waals surface area (Å²) < 4.78 is 15.9. The second-order valence-electron chi connectivity index (χ2n) is 6.95. The normalized spacial score (nSPS) is 14.0. The fraction of sp³-hybridized carbons (Fsp3) is 0.0476. The first-order valence-corrected chi connectivity index (χ1v) is 8.55. The topological polar surface area (TPSA) is 66.9 Å². The van der Waals surface area contributed by atoms with Gasteiger partial charge in [-0.2, -0.15) is 0 Å². The van der Waals surface area contributed by atoms with Gasteiger partial charge in [0.25, 0.3) is 11.8 Å². The van der Waals surface area contributed by atoms with Gasteiger partial charge in [0.05, 0.1) is 22.2 Å². The summed E-state index contributed by atoms with van der Waals surface area (Å²) in [6, 6.07) is 10.3. The van der Waals surface area contributed by atoms with Crippen LogP contribution in [0, 0.1) is 5.82 Å². The lowest BCUT2D eigenvalue weighted by Crippen LogP contribution is -2.20. The molecular formula is C21H12FN3O2. The molecule has 0 fully saturated rings. The molecule has 0 spiro atoms. The van der Waals surface area contributed by atoms with Gasteiger partial charge in [-0.25, -0.2) is 4.39 Å². The van der Waals surface area contributed by atoms with Crippen molar-refractivity contribution in [3.63, 3.8) is 0 Å². The number of aromatic amines is 1.